The van der Waals surface area contributed by atoms with Crippen molar-refractivity contribution in [2.24, 2.45) is 0 Å². The molecule has 162 valence electrons. The first-order chi connectivity index (χ1) is 15.4. The van der Waals surface area contributed by atoms with Crippen LogP contribution in [0.2, 0.25) is 0 Å². The number of hydrogen-bond acceptors (Lipinski definition) is 6. The molecule has 1 aromatic heterocycles. The molecule has 0 unspecified atom stereocenters. The Morgan fingerprint density at radius 1 is 1.00 bits per heavy atom. The van der Waals surface area contributed by atoms with Crippen molar-refractivity contribution in [3.63, 3.8) is 0 Å². The maximum atomic E-state index is 13.4. The second-order valence-corrected chi connectivity index (χ2v) is 8.60. The molecule has 1 heterocycles. The largest absolute Gasteiger partial charge is 0.494 e. The number of aromatic nitrogens is 2. The van der Waals surface area contributed by atoms with E-state index in [1.165, 1.54) is 24.3 Å². The fraction of sp³-hybridized carbons (Fsp3) is 0.0870. The zero-order chi connectivity index (χ0) is 22.7. The highest BCUT2D eigenvalue weighted by atomic mass is 32.2. The number of ether oxygens (including phenoxy) is 1. The maximum absolute atomic E-state index is 13.4. The average molecular weight is 449 g/mol. The highest BCUT2D eigenvalue weighted by molar-refractivity contribution is 7.90. The van der Waals surface area contributed by atoms with E-state index in [0.717, 1.165) is 15.3 Å². The van der Waals surface area contributed by atoms with Crippen LogP contribution in [0.1, 0.15) is 18.3 Å². The summed E-state index contributed by atoms with van der Waals surface area (Å²) >= 11 is 0. The summed E-state index contributed by atoms with van der Waals surface area (Å²) in [7, 11) is -4.05. The predicted octanol–water partition coefficient (Wildman–Crippen LogP) is 4.75. The van der Waals surface area contributed by atoms with E-state index < -0.39 is 14.9 Å². The van der Waals surface area contributed by atoms with Crippen molar-refractivity contribution in [1.29, 1.82) is 0 Å². The van der Waals surface area contributed by atoms with Gasteiger partial charge in [-0.1, -0.05) is 30.3 Å². The van der Waals surface area contributed by atoms with E-state index in [9.17, 15) is 18.5 Å². The molecular weight excluding hydrogens is 430 g/mol. The molecule has 0 aliphatic rings. The first kappa shape index (κ1) is 21.3. The summed E-state index contributed by atoms with van der Waals surface area (Å²) in [5.74, 6) is 0.969. The van der Waals surface area contributed by atoms with Crippen LogP contribution in [0.25, 0.3) is 23.2 Å². The number of imidazole rings is 1. The number of non-ortho nitro benzene ring substituents is 1. The Morgan fingerprint density at radius 2 is 1.69 bits per heavy atom. The Morgan fingerprint density at radius 3 is 2.34 bits per heavy atom. The summed E-state index contributed by atoms with van der Waals surface area (Å²) in [6.45, 7) is 2.48. The Labute approximate surface area is 184 Å². The molecule has 8 nitrogen and oxygen atoms in total. The van der Waals surface area contributed by atoms with Crippen LogP contribution < -0.4 is 4.74 Å². The number of hydrogen-bond donors (Lipinski definition) is 0. The molecule has 4 rings (SSSR count). The SMILES string of the molecule is CCOc1ccc(C=Cc2nc3ccccc3n2S(=O)(=O)c2ccc([N+](=O)[O-])cc2)cc1. The fourth-order valence-corrected chi connectivity index (χ4v) is 4.69. The van der Waals surface area contributed by atoms with Crippen LogP contribution in [0.15, 0.2) is 77.7 Å². The number of nitrogens with zero attached hydrogens (tertiary/aromatic N) is 3. The number of nitro benzene ring substituents is 1. The number of para-hydroxylation sites is 2. The van der Waals surface area contributed by atoms with Crippen LogP contribution in [0, 0.1) is 10.1 Å². The zero-order valence-electron chi connectivity index (χ0n) is 17.1. The number of benzene rings is 3. The van der Waals surface area contributed by atoms with Crippen molar-refractivity contribution < 1.29 is 18.1 Å². The third kappa shape index (κ3) is 4.10. The van der Waals surface area contributed by atoms with Crippen LogP contribution in [0.5, 0.6) is 5.75 Å². The van der Waals surface area contributed by atoms with Gasteiger partial charge in [-0.3, -0.25) is 10.1 Å². The van der Waals surface area contributed by atoms with E-state index in [0.29, 0.717) is 17.6 Å². The smallest absolute Gasteiger partial charge is 0.269 e. The lowest BCUT2D eigenvalue weighted by atomic mass is 10.2. The molecule has 0 atom stereocenters. The Hall–Kier alpha value is -3.98. The third-order valence-electron chi connectivity index (χ3n) is 4.75. The van der Waals surface area contributed by atoms with Crippen LogP contribution in [0.3, 0.4) is 0 Å². The van der Waals surface area contributed by atoms with Crippen molar-refractivity contribution in [3.05, 3.63) is 94.3 Å². The van der Waals surface area contributed by atoms with Crippen molar-refractivity contribution in [2.75, 3.05) is 6.61 Å². The average Bonchev–Trinajstić information content (AvgIpc) is 3.18. The van der Waals surface area contributed by atoms with Gasteiger partial charge in [0.25, 0.3) is 15.7 Å². The lowest BCUT2D eigenvalue weighted by molar-refractivity contribution is -0.384. The molecule has 0 aliphatic carbocycles. The zero-order valence-corrected chi connectivity index (χ0v) is 17.9. The summed E-state index contributed by atoms with van der Waals surface area (Å²) in [4.78, 5) is 14.8. The molecule has 32 heavy (non-hydrogen) atoms. The molecule has 4 aromatic rings. The van der Waals surface area contributed by atoms with E-state index >= 15 is 0 Å². The van der Waals surface area contributed by atoms with Gasteiger partial charge in [0.2, 0.25) is 0 Å². The lowest BCUT2D eigenvalue weighted by Gasteiger charge is -2.09. The quantitative estimate of drug-likeness (QED) is 0.298. The molecular formula is C23H19N3O5S. The van der Waals surface area contributed by atoms with Gasteiger partial charge in [-0.15, -0.1) is 0 Å². The van der Waals surface area contributed by atoms with Crippen molar-refractivity contribution in [1.82, 2.24) is 8.96 Å². The molecule has 3 aromatic carbocycles. The summed E-state index contributed by atoms with van der Waals surface area (Å²) in [5, 5.41) is 10.9. The van der Waals surface area contributed by atoms with Gasteiger partial charge in [-0.05, 0) is 55.0 Å². The second-order valence-electron chi connectivity index (χ2n) is 6.81. The van der Waals surface area contributed by atoms with Crippen molar-refractivity contribution in [2.45, 2.75) is 11.8 Å². The normalized spacial score (nSPS) is 11.8. The summed E-state index contributed by atoms with van der Waals surface area (Å²) in [6.07, 6.45) is 3.39. The molecule has 0 radical (unpaired) electrons. The lowest BCUT2D eigenvalue weighted by Crippen LogP contribution is -2.14. The Kier molecular flexibility index (Phi) is 5.74. The topological polar surface area (TPSA) is 104 Å². The van der Waals surface area contributed by atoms with E-state index in [1.54, 1.807) is 36.4 Å². The van der Waals surface area contributed by atoms with Crippen molar-refractivity contribution in [3.8, 4) is 5.75 Å². The summed E-state index contributed by atoms with van der Waals surface area (Å²) in [5.41, 5.74) is 1.59. The van der Waals surface area contributed by atoms with Crippen molar-refractivity contribution >= 4 is 38.9 Å². The molecule has 0 saturated carbocycles. The Bertz CT molecular complexity index is 1410. The van der Waals surface area contributed by atoms with Gasteiger partial charge in [0.1, 0.15) is 11.6 Å². The summed E-state index contributed by atoms with van der Waals surface area (Å²) < 4.78 is 33.5. The third-order valence-corrected chi connectivity index (χ3v) is 6.48. The minimum atomic E-state index is -4.05. The van der Waals surface area contributed by atoms with E-state index in [1.807, 2.05) is 31.2 Å². The first-order valence-electron chi connectivity index (χ1n) is 9.78. The van der Waals surface area contributed by atoms with E-state index in [-0.39, 0.29) is 16.4 Å². The Balaban J connectivity index is 1.78. The molecule has 0 spiro atoms. The van der Waals surface area contributed by atoms with Gasteiger partial charge in [-0.25, -0.2) is 17.4 Å². The minimum Gasteiger partial charge on any atom is -0.494 e. The first-order valence-corrected chi connectivity index (χ1v) is 11.2. The molecule has 9 heteroatoms. The number of nitro groups is 1. The summed E-state index contributed by atoms with van der Waals surface area (Å²) in [6, 6.07) is 19.1. The molecule has 0 N–H and O–H groups in total. The van der Waals surface area contributed by atoms with Gasteiger partial charge in [-0.2, -0.15) is 0 Å². The van der Waals surface area contributed by atoms with Gasteiger partial charge in [0.15, 0.2) is 0 Å². The molecule has 0 bridgehead atoms. The van der Waals surface area contributed by atoms with Crippen LogP contribution >= 0.6 is 0 Å². The van der Waals surface area contributed by atoms with Gasteiger partial charge < -0.3 is 4.74 Å². The van der Waals surface area contributed by atoms with Gasteiger partial charge in [0, 0.05) is 12.1 Å². The monoisotopic (exact) mass is 449 g/mol. The predicted molar refractivity (Wildman–Crippen MR) is 122 cm³/mol. The molecule has 0 saturated heterocycles. The maximum Gasteiger partial charge on any atom is 0.269 e. The number of rotatable bonds is 7. The standard InChI is InChI=1S/C23H19N3O5S/c1-2-31-19-12-7-17(8-13-19)9-16-23-24-21-5-3-4-6-22(21)25(23)32(29,30)20-14-10-18(11-15-20)26(27)28/h3-16H,2H2,1H3. The number of fused-ring (bicyclic) bond motifs is 1. The fourth-order valence-electron chi connectivity index (χ4n) is 3.24. The molecule has 0 amide bonds. The van der Waals surface area contributed by atoms with Crippen LogP contribution in [-0.4, -0.2) is 28.9 Å². The van der Waals surface area contributed by atoms with Gasteiger partial charge >= 0.3 is 0 Å². The second kappa shape index (κ2) is 8.64. The van der Waals surface area contributed by atoms with E-state index in [2.05, 4.69) is 4.98 Å². The molecule has 0 aliphatic heterocycles. The minimum absolute atomic E-state index is 0.0676. The van der Waals surface area contributed by atoms with Crippen LogP contribution in [-0.2, 0) is 10.0 Å². The highest BCUT2D eigenvalue weighted by Gasteiger charge is 2.24. The van der Waals surface area contributed by atoms with Crippen LogP contribution in [0.4, 0.5) is 5.69 Å². The highest BCUT2D eigenvalue weighted by Crippen LogP contribution is 2.26. The van der Waals surface area contributed by atoms with Gasteiger partial charge in [0.05, 0.1) is 27.5 Å². The molecule has 0 fully saturated rings. The van der Waals surface area contributed by atoms with E-state index in [4.69, 9.17) is 4.74 Å².